The van der Waals surface area contributed by atoms with E-state index in [1.165, 1.54) is 0 Å². The van der Waals surface area contributed by atoms with E-state index in [9.17, 15) is 4.79 Å². The van der Waals surface area contributed by atoms with Crippen molar-refractivity contribution < 1.29 is 14.3 Å². The van der Waals surface area contributed by atoms with E-state index in [0.717, 1.165) is 30.0 Å². The van der Waals surface area contributed by atoms with Crippen LogP contribution in [0.1, 0.15) is 6.92 Å². The third-order valence-electron chi connectivity index (χ3n) is 4.97. The molecule has 0 aliphatic carbocycles. The van der Waals surface area contributed by atoms with Gasteiger partial charge in [-0.3, -0.25) is 9.48 Å². The second kappa shape index (κ2) is 9.85. The van der Waals surface area contributed by atoms with E-state index in [1.807, 2.05) is 61.7 Å². The number of para-hydroxylation sites is 2. The van der Waals surface area contributed by atoms with Crippen LogP contribution < -0.4 is 15.0 Å². The Morgan fingerprint density at radius 1 is 1.16 bits per heavy atom. The summed E-state index contributed by atoms with van der Waals surface area (Å²) in [6.45, 7) is 5.35. The molecule has 1 amide bonds. The number of rotatable bonds is 7. The van der Waals surface area contributed by atoms with Gasteiger partial charge in [-0.2, -0.15) is 5.10 Å². The number of aromatic nitrogens is 2. The third kappa shape index (κ3) is 5.18. The summed E-state index contributed by atoms with van der Waals surface area (Å²) in [7, 11) is 0. The average Bonchev–Trinajstić information content (AvgIpc) is 3.20. The summed E-state index contributed by atoms with van der Waals surface area (Å²) in [5.41, 5.74) is 2.60. The summed E-state index contributed by atoms with van der Waals surface area (Å²) in [4.78, 5) is 14.9. The second-order valence-electron chi connectivity index (χ2n) is 7.15. The quantitative estimate of drug-likeness (QED) is 0.599. The fraction of sp³-hybridized carbons (Fsp3) is 0.304. The summed E-state index contributed by atoms with van der Waals surface area (Å²) in [6, 6.07) is 15.0. The number of halogens is 1. The third-order valence-corrected chi connectivity index (χ3v) is 5.23. The number of benzene rings is 2. The summed E-state index contributed by atoms with van der Waals surface area (Å²) >= 11 is 6.06. The molecule has 0 bridgehead atoms. The van der Waals surface area contributed by atoms with Crippen molar-refractivity contribution in [2.24, 2.45) is 0 Å². The number of amides is 1. The van der Waals surface area contributed by atoms with Crippen LogP contribution in [0.4, 0.5) is 11.5 Å². The molecule has 1 aromatic heterocycles. The molecule has 4 rings (SSSR count). The van der Waals surface area contributed by atoms with Gasteiger partial charge in [-0.15, -0.1) is 0 Å². The van der Waals surface area contributed by atoms with E-state index in [0.29, 0.717) is 36.3 Å². The van der Waals surface area contributed by atoms with Crippen molar-refractivity contribution in [3.8, 4) is 16.9 Å². The van der Waals surface area contributed by atoms with E-state index in [-0.39, 0.29) is 12.5 Å². The van der Waals surface area contributed by atoms with Gasteiger partial charge in [0.2, 0.25) is 5.91 Å². The number of anilines is 2. The highest BCUT2D eigenvalue weighted by atomic mass is 35.5. The normalized spacial score (nSPS) is 13.8. The molecule has 7 nitrogen and oxygen atoms in total. The number of nitrogens with one attached hydrogen (secondary N) is 1. The molecular weight excluding hydrogens is 416 g/mol. The van der Waals surface area contributed by atoms with Crippen LogP contribution in [-0.4, -0.2) is 48.6 Å². The lowest BCUT2D eigenvalue weighted by molar-refractivity contribution is -0.116. The van der Waals surface area contributed by atoms with Crippen molar-refractivity contribution >= 4 is 29.0 Å². The van der Waals surface area contributed by atoms with Gasteiger partial charge in [-0.05, 0) is 36.8 Å². The van der Waals surface area contributed by atoms with Crippen LogP contribution in [0, 0.1) is 0 Å². The maximum Gasteiger partial charge on any atom is 0.246 e. The van der Waals surface area contributed by atoms with E-state index in [4.69, 9.17) is 26.2 Å². The predicted octanol–water partition coefficient (Wildman–Crippen LogP) is 4.08. The van der Waals surface area contributed by atoms with Gasteiger partial charge < -0.3 is 19.7 Å². The highest BCUT2D eigenvalue weighted by Crippen LogP contribution is 2.31. The maximum absolute atomic E-state index is 12.7. The highest BCUT2D eigenvalue weighted by Gasteiger charge is 2.21. The number of ether oxygens (including phenoxy) is 2. The number of carbonyl (C=O) groups is 1. The number of morpholine rings is 1. The minimum atomic E-state index is -0.175. The Morgan fingerprint density at radius 2 is 1.90 bits per heavy atom. The lowest BCUT2D eigenvalue weighted by atomic mass is 10.1. The largest absolute Gasteiger partial charge is 0.492 e. The second-order valence-corrected chi connectivity index (χ2v) is 7.58. The van der Waals surface area contributed by atoms with E-state index >= 15 is 0 Å². The first-order valence-electron chi connectivity index (χ1n) is 10.3. The molecule has 1 aliphatic rings. The summed E-state index contributed by atoms with van der Waals surface area (Å²) in [6.07, 6.45) is 1.90. The van der Waals surface area contributed by atoms with E-state index in [2.05, 4.69) is 10.2 Å². The molecule has 162 valence electrons. The molecule has 2 aromatic carbocycles. The predicted molar refractivity (Wildman–Crippen MR) is 122 cm³/mol. The Hall–Kier alpha value is -3.03. The smallest absolute Gasteiger partial charge is 0.246 e. The van der Waals surface area contributed by atoms with Gasteiger partial charge in [0, 0.05) is 29.9 Å². The van der Waals surface area contributed by atoms with Gasteiger partial charge in [-0.1, -0.05) is 35.9 Å². The first-order chi connectivity index (χ1) is 15.1. The van der Waals surface area contributed by atoms with Crippen molar-refractivity contribution in [3.05, 3.63) is 59.8 Å². The lowest BCUT2D eigenvalue weighted by Gasteiger charge is -2.27. The SMILES string of the molecule is CCOc1ccccc1NC(=O)Cn1cc(-c2ccc(Cl)cc2)c(N2CCOCC2)n1. The molecule has 1 saturated heterocycles. The maximum atomic E-state index is 12.7. The summed E-state index contributed by atoms with van der Waals surface area (Å²) in [5, 5.41) is 8.34. The van der Waals surface area contributed by atoms with Gasteiger partial charge in [0.25, 0.3) is 0 Å². The fourth-order valence-electron chi connectivity index (χ4n) is 3.52. The van der Waals surface area contributed by atoms with Crippen LogP contribution in [0.3, 0.4) is 0 Å². The molecule has 2 heterocycles. The Bertz CT molecular complexity index is 1030. The van der Waals surface area contributed by atoms with Gasteiger partial charge in [0.15, 0.2) is 5.82 Å². The standard InChI is InChI=1S/C23H25ClN4O3/c1-2-31-21-6-4-3-5-20(21)25-22(29)16-28-15-19(17-7-9-18(24)10-8-17)23(26-28)27-11-13-30-14-12-27/h3-10,15H,2,11-14,16H2,1H3,(H,25,29). The van der Waals surface area contributed by atoms with Crippen molar-refractivity contribution in [2.75, 3.05) is 43.1 Å². The molecule has 8 heteroatoms. The Labute approximate surface area is 186 Å². The molecule has 0 atom stereocenters. The van der Waals surface area contributed by atoms with Crippen LogP contribution >= 0.6 is 11.6 Å². The monoisotopic (exact) mass is 440 g/mol. The van der Waals surface area contributed by atoms with Crippen LogP contribution in [0.25, 0.3) is 11.1 Å². The van der Waals surface area contributed by atoms with Crippen LogP contribution in [-0.2, 0) is 16.1 Å². The Morgan fingerprint density at radius 3 is 2.65 bits per heavy atom. The molecule has 0 saturated carbocycles. The Kier molecular flexibility index (Phi) is 6.74. The zero-order chi connectivity index (χ0) is 21.6. The molecule has 31 heavy (non-hydrogen) atoms. The van der Waals surface area contributed by atoms with Gasteiger partial charge >= 0.3 is 0 Å². The van der Waals surface area contributed by atoms with Gasteiger partial charge in [-0.25, -0.2) is 0 Å². The molecule has 1 N–H and O–H groups in total. The zero-order valence-electron chi connectivity index (χ0n) is 17.4. The number of hydrogen-bond donors (Lipinski definition) is 1. The Balaban J connectivity index is 1.57. The fourth-order valence-corrected chi connectivity index (χ4v) is 3.65. The molecule has 0 unspecified atom stereocenters. The number of carbonyl (C=O) groups excluding carboxylic acids is 1. The zero-order valence-corrected chi connectivity index (χ0v) is 18.1. The summed E-state index contributed by atoms with van der Waals surface area (Å²) in [5.74, 6) is 1.31. The van der Waals surface area contributed by atoms with Crippen molar-refractivity contribution in [1.29, 1.82) is 0 Å². The molecular formula is C23H25ClN4O3. The number of hydrogen-bond acceptors (Lipinski definition) is 5. The van der Waals surface area contributed by atoms with Crippen LogP contribution in [0.2, 0.25) is 5.02 Å². The molecule has 1 fully saturated rings. The molecule has 0 spiro atoms. The molecule has 0 radical (unpaired) electrons. The van der Waals surface area contributed by atoms with Crippen molar-refractivity contribution in [3.63, 3.8) is 0 Å². The highest BCUT2D eigenvalue weighted by molar-refractivity contribution is 6.30. The van der Waals surface area contributed by atoms with Crippen molar-refractivity contribution in [1.82, 2.24) is 9.78 Å². The van der Waals surface area contributed by atoms with Gasteiger partial charge in [0.05, 0.1) is 25.5 Å². The minimum Gasteiger partial charge on any atom is -0.492 e. The van der Waals surface area contributed by atoms with Crippen LogP contribution in [0.5, 0.6) is 5.75 Å². The first kappa shape index (κ1) is 21.2. The van der Waals surface area contributed by atoms with Crippen LogP contribution in [0.15, 0.2) is 54.7 Å². The molecule has 3 aromatic rings. The number of nitrogens with zero attached hydrogens (tertiary/aromatic N) is 3. The van der Waals surface area contributed by atoms with E-state index < -0.39 is 0 Å². The topological polar surface area (TPSA) is 68.6 Å². The van der Waals surface area contributed by atoms with Gasteiger partial charge in [0.1, 0.15) is 12.3 Å². The summed E-state index contributed by atoms with van der Waals surface area (Å²) < 4.78 is 12.7. The first-order valence-corrected chi connectivity index (χ1v) is 10.7. The molecule has 1 aliphatic heterocycles. The average molecular weight is 441 g/mol. The lowest BCUT2D eigenvalue weighted by Crippen LogP contribution is -2.36. The van der Waals surface area contributed by atoms with Crippen molar-refractivity contribution in [2.45, 2.75) is 13.5 Å². The minimum absolute atomic E-state index is 0.0887. The van der Waals surface area contributed by atoms with E-state index in [1.54, 1.807) is 4.68 Å².